The normalized spacial score (nSPS) is 13.9. The van der Waals surface area contributed by atoms with Crippen LogP contribution in [-0.2, 0) is 22.7 Å². The number of carbonyl (C=O) groups excluding carboxylic acids is 3. The molecular weight excluding hydrogens is 382 g/mol. The summed E-state index contributed by atoms with van der Waals surface area (Å²) in [5, 5.41) is 2.91. The maximum Gasteiger partial charge on any atom is 0.257 e. The summed E-state index contributed by atoms with van der Waals surface area (Å²) >= 11 is 0. The molecule has 1 aliphatic rings. The van der Waals surface area contributed by atoms with Crippen LogP contribution in [0.25, 0.3) is 0 Å². The van der Waals surface area contributed by atoms with Crippen LogP contribution in [0.3, 0.4) is 0 Å². The van der Waals surface area contributed by atoms with Crippen molar-refractivity contribution in [3.8, 4) is 0 Å². The van der Waals surface area contributed by atoms with Gasteiger partial charge in [0.05, 0.1) is 24.9 Å². The molecule has 30 heavy (non-hydrogen) atoms. The summed E-state index contributed by atoms with van der Waals surface area (Å²) in [6, 6.07) is 12.8. The molecule has 0 aliphatic carbocycles. The van der Waals surface area contributed by atoms with Gasteiger partial charge in [0.15, 0.2) is 0 Å². The van der Waals surface area contributed by atoms with Crippen molar-refractivity contribution in [1.29, 1.82) is 0 Å². The van der Waals surface area contributed by atoms with Crippen LogP contribution in [0.5, 0.6) is 0 Å². The second-order valence-corrected chi connectivity index (χ2v) is 7.47. The molecule has 0 atom stereocenters. The van der Waals surface area contributed by atoms with Crippen molar-refractivity contribution in [3.05, 3.63) is 77.0 Å². The largest absolute Gasteiger partial charge is 0.467 e. The lowest BCUT2D eigenvalue weighted by atomic mass is 10.1. The van der Waals surface area contributed by atoms with Crippen LogP contribution in [0.1, 0.15) is 45.9 Å². The summed E-state index contributed by atoms with van der Waals surface area (Å²) in [7, 11) is 0. The summed E-state index contributed by atoms with van der Waals surface area (Å²) in [6.45, 7) is 4.71. The van der Waals surface area contributed by atoms with Crippen LogP contribution in [0.4, 0.5) is 5.69 Å². The van der Waals surface area contributed by atoms with Gasteiger partial charge in [0.2, 0.25) is 11.8 Å². The summed E-state index contributed by atoms with van der Waals surface area (Å²) in [4.78, 5) is 37.6. The Morgan fingerprint density at radius 3 is 2.37 bits per heavy atom. The molecule has 0 bridgehead atoms. The Balaban J connectivity index is 1.44. The molecule has 0 unspecified atom stereocenters. The van der Waals surface area contributed by atoms with Gasteiger partial charge in [-0.05, 0) is 49.7 Å². The molecule has 1 aliphatic heterocycles. The van der Waals surface area contributed by atoms with E-state index in [2.05, 4.69) is 5.32 Å². The van der Waals surface area contributed by atoms with Crippen LogP contribution in [0.2, 0.25) is 0 Å². The van der Waals surface area contributed by atoms with Gasteiger partial charge in [-0.3, -0.25) is 19.3 Å². The lowest BCUT2D eigenvalue weighted by Gasteiger charge is -2.14. The van der Waals surface area contributed by atoms with Crippen molar-refractivity contribution in [2.75, 3.05) is 5.32 Å². The topological polar surface area (TPSA) is 84.5 Å². The van der Waals surface area contributed by atoms with E-state index in [9.17, 15) is 14.4 Å². The highest BCUT2D eigenvalue weighted by Gasteiger charge is 2.28. The number of hydrogen-bond acceptors (Lipinski definition) is 4. The van der Waals surface area contributed by atoms with E-state index in [4.69, 9.17) is 4.42 Å². The Morgan fingerprint density at radius 2 is 1.73 bits per heavy atom. The predicted molar refractivity (Wildman–Crippen MR) is 111 cm³/mol. The minimum Gasteiger partial charge on any atom is -0.467 e. The molecule has 7 nitrogen and oxygen atoms in total. The molecule has 3 aromatic rings. The van der Waals surface area contributed by atoms with Crippen molar-refractivity contribution < 1.29 is 18.8 Å². The maximum atomic E-state index is 12.8. The minimum atomic E-state index is -0.188. The summed E-state index contributed by atoms with van der Waals surface area (Å²) < 4.78 is 7.46. The number of furan rings is 1. The first kappa shape index (κ1) is 19.7. The van der Waals surface area contributed by atoms with Crippen molar-refractivity contribution in [1.82, 2.24) is 9.47 Å². The van der Waals surface area contributed by atoms with Gasteiger partial charge in [0.1, 0.15) is 5.76 Å². The number of anilines is 1. The molecule has 1 fully saturated rings. The van der Waals surface area contributed by atoms with Crippen LogP contribution >= 0.6 is 0 Å². The van der Waals surface area contributed by atoms with Crippen molar-refractivity contribution >= 4 is 23.4 Å². The van der Waals surface area contributed by atoms with E-state index in [0.717, 1.165) is 22.7 Å². The van der Waals surface area contributed by atoms with Crippen LogP contribution in [0, 0.1) is 13.8 Å². The number of hydrogen-bond donors (Lipinski definition) is 1. The van der Waals surface area contributed by atoms with E-state index in [1.54, 1.807) is 18.4 Å². The van der Waals surface area contributed by atoms with E-state index in [1.807, 2.05) is 48.7 Å². The number of carbonyl (C=O) groups is 3. The molecule has 154 valence electrons. The van der Waals surface area contributed by atoms with Crippen molar-refractivity contribution in [2.45, 2.75) is 39.8 Å². The van der Waals surface area contributed by atoms with Crippen molar-refractivity contribution in [2.24, 2.45) is 0 Å². The van der Waals surface area contributed by atoms with Gasteiger partial charge < -0.3 is 14.3 Å². The summed E-state index contributed by atoms with van der Waals surface area (Å²) in [5.41, 5.74) is 3.94. The van der Waals surface area contributed by atoms with Gasteiger partial charge in [0.25, 0.3) is 5.91 Å². The molecule has 0 saturated carbocycles. The van der Waals surface area contributed by atoms with Crippen LogP contribution in [0.15, 0.2) is 53.1 Å². The Labute approximate surface area is 174 Å². The fourth-order valence-corrected chi connectivity index (χ4v) is 3.71. The van der Waals surface area contributed by atoms with Crippen LogP contribution in [-0.4, -0.2) is 27.2 Å². The number of nitrogens with one attached hydrogen (secondary N) is 1. The fraction of sp³-hybridized carbons (Fsp3) is 0.261. The average molecular weight is 405 g/mol. The van der Waals surface area contributed by atoms with Gasteiger partial charge in [0, 0.05) is 29.9 Å². The zero-order valence-corrected chi connectivity index (χ0v) is 17.0. The quantitative estimate of drug-likeness (QED) is 0.635. The third kappa shape index (κ3) is 3.91. The summed E-state index contributed by atoms with van der Waals surface area (Å²) in [5.74, 6) is 0.366. The highest BCUT2D eigenvalue weighted by atomic mass is 16.3. The molecule has 3 amide bonds. The zero-order chi connectivity index (χ0) is 21.3. The standard InChI is InChI=1S/C23H23N3O4/c1-15-12-20(16(2)25(15)14-19-4-3-11-30-19)23(29)24-18-7-5-17(6-8-18)13-26-21(27)9-10-22(26)28/h3-8,11-12H,9-10,13-14H2,1-2H3,(H,24,29). The van der Waals surface area contributed by atoms with Gasteiger partial charge in [-0.1, -0.05) is 12.1 Å². The number of amides is 3. The second kappa shape index (κ2) is 8.02. The number of likely N-dealkylation sites (tertiary alicyclic amines) is 1. The number of nitrogens with zero attached hydrogens (tertiary/aromatic N) is 2. The molecule has 1 N–H and O–H groups in total. The smallest absolute Gasteiger partial charge is 0.257 e. The summed E-state index contributed by atoms with van der Waals surface area (Å²) in [6.07, 6.45) is 2.20. The van der Waals surface area contributed by atoms with E-state index < -0.39 is 0 Å². The van der Waals surface area contributed by atoms with E-state index in [1.165, 1.54) is 4.90 Å². The lowest BCUT2D eigenvalue weighted by molar-refractivity contribution is -0.139. The van der Waals surface area contributed by atoms with E-state index in [-0.39, 0.29) is 37.1 Å². The molecular formula is C23H23N3O4. The van der Waals surface area contributed by atoms with E-state index >= 15 is 0 Å². The first-order valence-corrected chi connectivity index (χ1v) is 9.85. The van der Waals surface area contributed by atoms with Gasteiger partial charge >= 0.3 is 0 Å². The lowest BCUT2D eigenvalue weighted by Crippen LogP contribution is -2.28. The third-order valence-corrected chi connectivity index (χ3v) is 5.42. The van der Waals surface area contributed by atoms with Gasteiger partial charge in [-0.15, -0.1) is 0 Å². The molecule has 7 heteroatoms. The number of benzene rings is 1. The van der Waals surface area contributed by atoms with Crippen LogP contribution < -0.4 is 5.32 Å². The fourth-order valence-electron chi connectivity index (χ4n) is 3.71. The Bertz CT molecular complexity index is 1080. The SMILES string of the molecule is Cc1cc(C(=O)Nc2ccc(CN3C(=O)CCC3=O)cc2)c(C)n1Cc1ccco1. The zero-order valence-electron chi connectivity index (χ0n) is 17.0. The Kier molecular flexibility index (Phi) is 5.27. The van der Waals surface area contributed by atoms with E-state index in [0.29, 0.717) is 17.8 Å². The number of imide groups is 1. The maximum absolute atomic E-state index is 12.8. The molecule has 3 heterocycles. The highest BCUT2D eigenvalue weighted by molar-refractivity contribution is 6.05. The molecule has 0 radical (unpaired) electrons. The minimum absolute atomic E-state index is 0.137. The van der Waals surface area contributed by atoms with Crippen molar-refractivity contribution in [3.63, 3.8) is 0 Å². The molecule has 0 spiro atoms. The predicted octanol–water partition coefficient (Wildman–Crippen LogP) is 3.65. The molecule has 2 aromatic heterocycles. The monoisotopic (exact) mass is 405 g/mol. The average Bonchev–Trinajstić information content (AvgIpc) is 3.42. The molecule has 1 aromatic carbocycles. The van der Waals surface area contributed by atoms with Gasteiger partial charge in [-0.25, -0.2) is 0 Å². The number of aromatic nitrogens is 1. The molecule has 4 rings (SSSR count). The molecule has 1 saturated heterocycles. The Morgan fingerprint density at radius 1 is 1.03 bits per heavy atom. The number of rotatable bonds is 6. The van der Waals surface area contributed by atoms with Gasteiger partial charge in [-0.2, -0.15) is 0 Å². The first-order chi connectivity index (χ1) is 14.4. The Hall–Kier alpha value is -3.61. The number of aryl methyl sites for hydroxylation is 1. The first-order valence-electron chi connectivity index (χ1n) is 9.85. The third-order valence-electron chi connectivity index (χ3n) is 5.42. The second-order valence-electron chi connectivity index (χ2n) is 7.47. The highest BCUT2D eigenvalue weighted by Crippen LogP contribution is 2.21.